The number of amidine groups is 2. The number of fused-ring (bicyclic) bond motifs is 2. The van der Waals surface area contributed by atoms with Gasteiger partial charge in [-0.1, -0.05) is 24.3 Å². The summed E-state index contributed by atoms with van der Waals surface area (Å²) in [5.74, 6) is -4.28. The smallest absolute Gasteiger partial charge is 0.257 e. The van der Waals surface area contributed by atoms with Gasteiger partial charge in [0.2, 0.25) is 0 Å². The highest BCUT2D eigenvalue weighted by atomic mass is 19.1. The highest BCUT2D eigenvalue weighted by Crippen LogP contribution is 2.31. The van der Waals surface area contributed by atoms with Crippen LogP contribution in [0.3, 0.4) is 0 Å². The summed E-state index contributed by atoms with van der Waals surface area (Å²) in [6.45, 7) is 0.983. The van der Waals surface area contributed by atoms with Crippen molar-refractivity contribution in [3.63, 3.8) is 0 Å². The summed E-state index contributed by atoms with van der Waals surface area (Å²) in [4.78, 5) is 44.9. The van der Waals surface area contributed by atoms with Gasteiger partial charge in [0.05, 0.1) is 21.3 Å². The van der Waals surface area contributed by atoms with Crippen LogP contribution in [-0.4, -0.2) is 126 Å². The van der Waals surface area contributed by atoms with Gasteiger partial charge in [-0.3, -0.25) is 19.6 Å². The highest BCUT2D eigenvalue weighted by Gasteiger charge is 2.27. The van der Waals surface area contributed by atoms with Gasteiger partial charge in [-0.15, -0.1) is 0 Å². The largest absolute Gasteiger partial charge is 0.381 e. The van der Waals surface area contributed by atoms with Gasteiger partial charge in [0.25, 0.3) is 11.8 Å². The van der Waals surface area contributed by atoms with Gasteiger partial charge < -0.3 is 39.7 Å². The van der Waals surface area contributed by atoms with E-state index in [4.69, 9.17) is 24.6 Å². The van der Waals surface area contributed by atoms with Gasteiger partial charge >= 0.3 is 0 Å². The molecule has 6 heterocycles. The standard InChI is InChI=1S/2C33H36F2N4O2/c2*1-38-8-10-39(11-9-38)29-4-5-30(26(19-29)15-22-6-12-41-13-7-22)33(40)37-32-31-18-23(2-3-25(31)21-36-32)14-24-16-27(34)20-28(35)17-24/h2*2-5,16-20,22H,6-15,21H2,1H3,(H,36,37,40)/i12D2,13D2,20D;1D3,14D2,20D. The number of rotatable bonds is 12. The number of carbonyl (C=O) groups excluding carboxylic acids is 2. The molecule has 4 fully saturated rings. The van der Waals surface area contributed by atoms with Gasteiger partial charge in [0, 0.05) is 131 Å². The van der Waals surface area contributed by atoms with Crippen molar-refractivity contribution in [2.75, 3.05) is 103 Å². The summed E-state index contributed by atoms with van der Waals surface area (Å²) in [6.07, 6.45) is 0.686. The average molecular weight is 1130 g/mol. The zero-order valence-corrected chi connectivity index (χ0v) is 45.7. The molecule has 0 atom stereocenters. The molecule has 0 spiro atoms. The summed E-state index contributed by atoms with van der Waals surface area (Å²) < 4.78 is 155. The molecular weight excluding hydrogens is 1040 g/mol. The number of carbonyl (C=O) groups is 2. The van der Waals surface area contributed by atoms with Crippen molar-refractivity contribution in [1.29, 1.82) is 0 Å². The first-order valence-electron chi connectivity index (χ1n) is 33.4. The Bertz CT molecular complexity index is 3830. The van der Waals surface area contributed by atoms with E-state index >= 15 is 0 Å². The summed E-state index contributed by atoms with van der Waals surface area (Å²) in [6, 6.07) is 23.9. The van der Waals surface area contributed by atoms with E-state index in [-0.39, 0.29) is 60.5 Å². The zero-order chi connectivity index (χ0) is 66.3. The molecule has 82 heavy (non-hydrogen) atoms. The second-order valence-electron chi connectivity index (χ2n) is 21.7. The Kier molecular flexibility index (Phi) is 14.0. The predicted molar refractivity (Wildman–Crippen MR) is 313 cm³/mol. The molecule has 2 N–H and O–H groups in total. The van der Waals surface area contributed by atoms with Crippen LogP contribution in [0.5, 0.6) is 0 Å². The molecule has 12 nitrogen and oxygen atoms in total. The van der Waals surface area contributed by atoms with Gasteiger partial charge in [-0.2, -0.15) is 0 Å². The minimum absolute atomic E-state index is 0.00743. The fourth-order valence-electron chi connectivity index (χ4n) is 11.3. The van der Waals surface area contributed by atoms with Crippen molar-refractivity contribution in [2.24, 2.45) is 21.8 Å². The maximum atomic E-state index is 14.1. The number of benzene rings is 6. The molecule has 0 aromatic heterocycles. The number of amides is 2. The number of ether oxygens (including phenoxy) is 2. The number of hydrogen-bond donors (Lipinski definition) is 2. The summed E-state index contributed by atoms with van der Waals surface area (Å²) in [5, 5.41) is 5.89. The van der Waals surface area contributed by atoms with Crippen LogP contribution < -0.4 is 20.4 Å². The first-order chi connectivity index (χ1) is 44.1. The number of nitrogens with one attached hydrogen (secondary N) is 2. The van der Waals surface area contributed by atoms with Gasteiger partial charge in [0.15, 0.2) is 0 Å². The molecule has 0 bridgehead atoms. The molecule has 6 aliphatic rings. The molecule has 0 radical (unpaired) electrons. The summed E-state index contributed by atoms with van der Waals surface area (Å²) in [5.41, 5.74) is 8.26. The minimum Gasteiger partial charge on any atom is -0.381 e. The lowest BCUT2D eigenvalue weighted by atomic mass is 9.89. The number of anilines is 2. The van der Waals surface area contributed by atoms with Crippen molar-refractivity contribution in [2.45, 2.75) is 64.4 Å². The van der Waals surface area contributed by atoms with Crippen LogP contribution in [0.4, 0.5) is 28.9 Å². The molecule has 6 aromatic carbocycles. The minimum atomic E-state index is -2.29. The zero-order valence-electron chi connectivity index (χ0n) is 56.7. The maximum absolute atomic E-state index is 14.1. The Morgan fingerprint density at radius 1 is 0.585 bits per heavy atom. The molecule has 12 rings (SSSR count). The number of nitrogens with zero attached hydrogens (tertiary/aromatic N) is 6. The van der Waals surface area contributed by atoms with Crippen molar-refractivity contribution in [1.82, 2.24) is 20.4 Å². The molecule has 0 saturated carbocycles. The van der Waals surface area contributed by atoms with E-state index in [1.807, 2.05) is 42.5 Å². The molecule has 6 aliphatic heterocycles. The molecular formula is C66H72F4N8O4. The van der Waals surface area contributed by atoms with E-state index in [1.165, 1.54) is 17.0 Å². The highest BCUT2D eigenvalue weighted by molar-refractivity contribution is 6.15. The van der Waals surface area contributed by atoms with Gasteiger partial charge in [0.1, 0.15) is 34.9 Å². The topological polar surface area (TPSA) is 114 Å². The third-order valence-corrected chi connectivity index (χ3v) is 15.9. The first kappa shape index (κ1) is 44.4. The van der Waals surface area contributed by atoms with Crippen LogP contribution in [0.15, 0.2) is 119 Å². The SMILES string of the molecule is [2H]c1c(F)cc(C([2H])([2H])c2ccc3c(c2)C(NC(=O)c2ccc(N4CCN(C([2H])([2H])[2H])CC4)cc2CC2CCOCC2)=NC3)cc1F.[2H]c1c(F)cc(Cc2ccc3c(c2)C(NC(=O)c2ccc(N4CCN(C)CC4)cc2CC2CC([2H])([2H])OC([2H])([2H])C2)=NC3)cc1F. The fourth-order valence-corrected chi connectivity index (χ4v) is 11.3. The van der Waals surface area contributed by atoms with Crippen molar-refractivity contribution < 1.29 is 51.7 Å². The number of piperazine rings is 2. The lowest BCUT2D eigenvalue weighted by Gasteiger charge is -2.34. The molecule has 0 aliphatic carbocycles. The number of halogens is 4. The fraction of sp³-hybridized carbons (Fsp3) is 0.394. The van der Waals surface area contributed by atoms with E-state index in [1.54, 1.807) is 18.2 Å². The molecule has 2 amide bonds. The molecule has 6 aromatic rings. The van der Waals surface area contributed by atoms with Crippen LogP contribution in [0.25, 0.3) is 0 Å². The first-order valence-corrected chi connectivity index (χ1v) is 27.9. The normalized spacial score (nSPS) is 21.4. The van der Waals surface area contributed by atoms with Crippen molar-refractivity contribution in [3.05, 3.63) is 199 Å². The molecule has 16 heteroatoms. The van der Waals surface area contributed by atoms with Crippen molar-refractivity contribution >= 4 is 34.9 Å². The van der Waals surface area contributed by atoms with Gasteiger partial charge in [-0.05, 0) is 194 Å². The lowest BCUT2D eigenvalue weighted by molar-refractivity contribution is 0.0663. The Morgan fingerprint density at radius 2 is 1.06 bits per heavy atom. The monoisotopic (exact) mass is 1130 g/mol. The molecule has 0 unspecified atom stereocenters. The van der Waals surface area contributed by atoms with Crippen LogP contribution in [0.1, 0.15) is 117 Å². The van der Waals surface area contributed by atoms with E-state index < -0.39 is 61.8 Å². The Morgan fingerprint density at radius 3 is 1.59 bits per heavy atom. The summed E-state index contributed by atoms with van der Waals surface area (Å²) in [7, 11) is 2.07. The average Bonchev–Trinajstić information content (AvgIpc) is 1.77. The Hall–Kier alpha value is -7.24. The number of hydrogen-bond acceptors (Lipinski definition) is 10. The quantitative estimate of drug-likeness (QED) is 0.117. The maximum Gasteiger partial charge on any atom is 0.257 e. The van der Waals surface area contributed by atoms with Crippen molar-refractivity contribution in [3.8, 4) is 0 Å². The van der Waals surface area contributed by atoms with Crippen LogP contribution in [-0.2, 0) is 48.2 Å². The van der Waals surface area contributed by atoms with E-state index in [0.29, 0.717) is 104 Å². The predicted octanol–water partition coefficient (Wildman–Crippen LogP) is 9.93. The number of likely N-dealkylation sites (N-methyl/N-ethyl adjacent to an activating group) is 2. The van der Waals surface area contributed by atoms with E-state index in [9.17, 15) is 27.2 Å². The molecule has 428 valence electrons. The van der Waals surface area contributed by atoms with Crippen LogP contribution in [0.2, 0.25) is 0 Å². The van der Waals surface area contributed by atoms with Gasteiger partial charge in [-0.25, -0.2) is 17.6 Å². The second-order valence-corrected chi connectivity index (χ2v) is 21.7. The third kappa shape index (κ3) is 14.1. The van der Waals surface area contributed by atoms with Crippen LogP contribution in [0, 0.1) is 35.1 Å². The number of aliphatic imine (C=N–C) groups is 2. The third-order valence-electron chi connectivity index (χ3n) is 15.9. The second kappa shape index (κ2) is 25.9. The van der Waals surface area contributed by atoms with E-state index in [0.717, 1.165) is 96.9 Å². The Labute approximate surface area is 493 Å². The van der Waals surface area contributed by atoms with Crippen LogP contribution >= 0.6 is 0 Å². The van der Waals surface area contributed by atoms with E-state index in [2.05, 4.69) is 42.4 Å². The lowest BCUT2D eigenvalue weighted by Crippen LogP contribution is -2.44. The summed E-state index contributed by atoms with van der Waals surface area (Å²) >= 11 is 0. The molecule has 4 saturated heterocycles. The Balaban J connectivity index is 0.000000190.